The Morgan fingerprint density at radius 3 is 2.83 bits per heavy atom. The molecule has 1 saturated heterocycles. The average molecular weight is 428 g/mol. The van der Waals surface area contributed by atoms with Crippen molar-refractivity contribution in [3.8, 4) is 0 Å². The SMILES string of the molecule is C[N+]1(C)CCCCC[C+]1C(OC=O)c1c[nH]c2ccccc12.I. The molecule has 1 aromatic heterocycles. The smallest absolute Gasteiger partial charge is 0.322 e. The van der Waals surface area contributed by atoms with Gasteiger partial charge in [-0.3, -0.25) is 4.79 Å². The van der Waals surface area contributed by atoms with Crippen molar-refractivity contribution >= 4 is 41.4 Å². The van der Waals surface area contributed by atoms with E-state index >= 15 is 0 Å². The molecular formula is C18H25IN2O2+2. The van der Waals surface area contributed by atoms with Crippen molar-refractivity contribution in [3.63, 3.8) is 0 Å². The monoisotopic (exact) mass is 428 g/mol. The first-order chi connectivity index (χ1) is 10.6. The van der Waals surface area contributed by atoms with Gasteiger partial charge in [0, 0.05) is 23.5 Å². The van der Waals surface area contributed by atoms with Gasteiger partial charge in [0.25, 0.3) is 6.47 Å². The number of benzene rings is 1. The third-order valence-corrected chi connectivity index (χ3v) is 4.83. The third-order valence-electron chi connectivity index (χ3n) is 4.83. The van der Waals surface area contributed by atoms with Crippen molar-refractivity contribution in [2.24, 2.45) is 0 Å². The Hall–Kier alpha value is -1.21. The second kappa shape index (κ2) is 7.57. The molecule has 0 bridgehead atoms. The topological polar surface area (TPSA) is 42.1 Å². The molecule has 23 heavy (non-hydrogen) atoms. The number of likely N-dealkylation sites (tertiary alicyclic amines) is 1. The predicted molar refractivity (Wildman–Crippen MR) is 102 cm³/mol. The van der Waals surface area contributed by atoms with Gasteiger partial charge in [-0.05, 0) is 18.9 Å². The zero-order chi connectivity index (χ0) is 15.6. The molecule has 1 aliphatic heterocycles. The number of hydrogen-bond donors (Lipinski definition) is 1. The van der Waals surface area contributed by atoms with Gasteiger partial charge in [-0.2, -0.15) is 4.48 Å². The van der Waals surface area contributed by atoms with Crippen LogP contribution < -0.4 is 0 Å². The van der Waals surface area contributed by atoms with Crippen LogP contribution in [0.4, 0.5) is 0 Å². The summed E-state index contributed by atoms with van der Waals surface area (Å²) in [4.78, 5) is 14.4. The number of H-pyrrole nitrogens is 1. The Balaban J connectivity index is 0.00000192. The Bertz CT molecular complexity index is 653. The molecule has 2 heterocycles. The lowest BCUT2D eigenvalue weighted by atomic mass is 9.95. The molecule has 124 valence electrons. The molecule has 0 aliphatic carbocycles. The minimum Gasteiger partial charge on any atom is -0.412 e. The maximum atomic E-state index is 11.1. The number of likely N-dealkylation sites (N-methyl/N-ethyl adjacent to an activating group) is 1. The number of ether oxygens (including phenoxy) is 1. The van der Waals surface area contributed by atoms with Crippen molar-refractivity contribution in [1.82, 2.24) is 4.98 Å². The van der Waals surface area contributed by atoms with Gasteiger partial charge in [-0.25, -0.2) is 0 Å². The van der Waals surface area contributed by atoms with Crippen LogP contribution in [0.1, 0.15) is 37.4 Å². The Kier molecular flexibility index (Phi) is 5.97. The number of rotatable bonds is 4. The Morgan fingerprint density at radius 2 is 2.04 bits per heavy atom. The van der Waals surface area contributed by atoms with E-state index in [1.165, 1.54) is 18.9 Å². The molecule has 4 nitrogen and oxygen atoms in total. The molecule has 1 aromatic carbocycles. The molecule has 1 N–H and O–H groups in total. The van der Waals surface area contributed by atoms with Crippen LogP contribution in [0.3, 0.4) is 0 Å². The summed E-state index contributed by atoms with van der Waals surface area (Å²) in [6.07, 6.45) is 6.34. The van der Waals surface area contributed by atoms with Gasteiger partial charge in [0.2, 0.25) is 0 Å². The van der Waals surface area contributed by atoms with Gasteiger partial charge in [-0.1, -0.05) is 18.2 Å². The van der Waals surface area contributed by atoms with E-state index < -0.39 is 0 Å². The number of carbonyl (C=O) groups is 1. The molecule has 1 unspecified atom stereocenters. The van der Waals surface area contributed by atoms with Gasteiger partial charge in [-0.15, -0.1) is 24.0 Å². The molecule has 3 rings (SSSR count). The quantitative estimate of drug-likeness (QED) is 0.344. The van der Waals surface area contributed by atoms with Crippen LogP contribution >= 0.6 is 24.0 Å². The van der Waals surface area contributed by atoms with Crippen molar-refractivity contribution in [1.29, 1.82) is 0 Å². The van der Waals surface area contributed by atoms with Crippen LogP contribution in [0.15, 0.2) is 30.5 Å². The van der Waals surface area contributed by atoms with Gasteiger partial charge in [0.15, 0.2) is 0 Å². The fraction of sp³-hybridized carbons (Fsp3) is 0.444. The minimum atomic E-state index is -0.276. The summed E-state index contributed by atoms with van der Waals surface area (Å²) in [5.74, 6) is 0. The summed E-state index contributed by atoms with van der Waals surface area (Å²) < 4.78 is 6.39. The van der Waals surface area contributed by atoms with E-state index in [9.17, 15) is 4.79 Å². The number of carbonyl (C=O) groups excluding carboxylic acids is 1. The molecule has 1 atom stereocenters. The number of aromatic amines is 1. The first-order valence-corrected chi connectivity index (χ1v) is 7.98. The molecular weight excluding hydrogens is 403 g/mol. The van der Waals surface area contributed by atoms with Crippen molar-refractivity contribution in [2.75, 3.05) is 20.6 Å². The zero-order valence-electron chi connectivity index (χ0n) is 13.7. The summed E-state index contributed by atoms with van der Waals surface area (Å²) >= 11 is 0. The number of aromatic nitrogens is 1. The number of fused-ring (bicyclic) bond motifs is 1. The molecule has 1 aliphatic rings. The van der Waals surface area contributed by atoms with Gasteiger partial charge < -0.3 is 9.72 Å². The van der Waals surface area contributed by atoms with Crippen LogP contribution in [0.25, 0.3) is 10.9 Å². The second-order valence-corrected chi connectivity index (χ2v) is 6.61. The molecule has 5 heteroatoms. The average Bonchev–Trinajstić information content (AvgIpc) is 2.84. The summed E-state index contributed by atoms with van der Waals surface area (Å²) in [6, 6.07) is 9.45. The summed E-state index contributed by atoms with van der Waals surface area (Å²) in [5.41, 5.74) is 2.14. The highest BCUT2D eigenvalue weighted by Crippen LogP contribution is 2.41. The number of nitrogens with one attached hydrogen (secondary N) is 1. The first-order valence-electron chi connectivity index (χ1n) is 7.98. The van der Waals surface area contributed by atoms with Crippen molar-refractivity contribution in [3.05, 3.63) is 42.1 Å². The van der Waals surface area contributed by atoms with E-state index in [-0.39, 0.29) is 30.1 Å². The molecule has 0 radical (unpaired) electrons. The first kappa shape index (κ1) is 18.1. The number of nitrogens with zero attached hydrogens (tertiary/aromatic N) is 1. The van der Waals surface area contributed by atoms with Crippen molar-refractivity contribution < 1.29 is 14.0 Å². The van der Waals surface area contributed by atoms with Crippen LogP contribution in [-0.4, -0.2) is 36.6 Å². The molecule has 0 spiro atoms. The lowest BCUT2D eigenvalue weighted by molar-refractivity contribution is -0.882. The highest BCUT2D eigenvalue weighted by atomic mass is 127. The fourth-order valence-corrected chi connectivity index (χ4v) is 3.58. The van der Waals surface area contributed by atoms with E-state index in [2.05, 4.69) is 31.2 Å². The Morgan fingerprint density at radius 1 is 1.26 bits per heavy atom. The zero-order valence-corrected chi connectivity index (χ0v) is 16.1. The van der Waals surface area contributed by atoms with E-state index in [0.717, 1.165) is 40.3 Å². The number of quaternary nitrogens is 1. The summed E-state index contributed by atoms with van der Waals surface area (Å²) in [6.45, 7) is 1.68. The number of halogens is 1. The van der Waals surface area contributed by atoms with Crippen LogP contribution in [-0.2, 0) is 9.53 Å². The van der Waals surface area contributed by atoms with E-state index in [0.29, 0.717) is 6.47 Å². The van der Waals surface area contributed by atoms with Crippen molar-refractivity contribution in [2.45, 2.75) is 31.8 Å². The van der Waals surface area contributed by atoms with Gasteiger partial charge in [0.05, 0.1) is 5.56 Å². The standard InChI is InChI=1S/C18H24N2O2.HI/c1-20(2)11-7-3-4-10-17(20)18(22-13-21)15-12-19-16-9-6-5-8-14(15)16;/h5-6,8-9,12-13,18-19H,3-4,7,10-11H2,1-2H3;1H/q+2;. The molecule has 1 fully saturated rings. The lowest BCUT2D eigenvalue weighted by Gasteiger charge is -2.28. The maximum Gasteiger partial charge on any atom is 0.322 e. The van der Waals surface area contributed by atoms with Crippen LogP contribution in [0, 0.1) is 6.04 Å². The summed E-state index contributed by atoms with van der Waals surface area (Å²) in [5, 5.41) is 1.13. The largest absolute Gasteiger partial charge is 0.412 e. The summed E-state index contributed by atoms with van der Waals surface area (Å²) in [7, 11) is 4.44. The van der Waals surface area contributed by atoms with E-state index in [4.69, 9.17) is 4.74 Å². The molecule has 2 aromatic rings. The van der Waals surface area contributed by atoms with Gasteiger partial charge in [0.1, 0.15) is 27.1 Å². The third kappa shape index (κ3) is 3.66. The lowest BCUT2D eigenvalue weighted by Crippen LogP contribution is -2.46. The minimum absolute atomic E-state index is 0. The fourth-order valence-electron chi connectivity index (χ4n) is 3.58. The van der Waals surface area contributed by atoms with E-state index in [1.54, 1.807) is 0 Å². The Labute approximate surface area is 154 Å². The predicted octanol–water partition coefficient (Wildman–Crippen LogP) is 4.18. The van der Waals surface area contributed by atoms with Crippen LogP contribution in [0.5, 0.6) is 0 Å². The normalized spacial score (nSPS) is 18.8. The highest BCUT2D eigenvalue weighted by molar-refractivity contribution is 14.0. The second-order valence-electron chi connectivity index (χ2n) is 6.61. The van der Waals surface area contributed by atoms with Crippen LogP contribution in [0.2, 0.25) is 0 Å². The maximum absolute atomic E-state index is 11.1. The number of hydrogen-bond acceptors (Lipinski definition) is 2. The molecule has 0 amide bonds. The van der Waals surface area contributed by atoms with Gasteiger partial charge >= 0.3 is 12.1 Å². The highest BCUT2D eigenvalue weighted by Gasteiger charge is 2.51. The molecule has 0 saturated carbocycles. The number of para-hydroxylation sites is 1. The van der Waals surface area contributed by atoms with E-state index in [1.807, 2.05) is 18.3 Å².